The van der Waals surface area contributed by atoms with Gasteiger partial charge in [-0.05, 0) is 128 Å². The number of esters is 2. The normalized spacial score (nSPS) is 11.9. The van der Waals surface area contributed by atoms with E-state index in [0.29, 0.717) is 43.9 Å². The van der Waals surface area contributed by atoms with Crippen molar-refractivity contribution in [3.63, 3.8) is 0 Å². The van der Waals surface area contributed by atoms with Gasteiger partial charge in [-0.1, -0.05) is 180 Å². The predicted molar refractivity (Wildman–Crippen MR) is 330 cm³/mol. The van der Waals surface area contributed by atoms with Gasteiger partial charge in [0.2, 0.25) is 0 Å². The van der Waals surface area contributed by atoms with Crippen molar-refractivity contribution >= 4 is 35.4 Å². The Bertz CT molecular complexity index is 1870. The Labute approximate surface area is 485 Å². The Kier molecular flexibility index (Phi) is 48.3. The van der Waals surface area contributed by atoms with Crippen molar-refractivity contribution < 1.29 is 38.5 Å². The highest BCUT2D eigenvalue weighted by molar-refractivity contribution is 5.73. The Morgan fingerprint density at radius 1 is 0.500 bits per heavy atom. The molecular formula is C65H115N5O10. The zero-order valence-corrected chi connectivity index (χ0v) is 51.2. The maximum atomic E-state index is 12.3. The number of ether oxygens (including phenoxy) is 3. The number of amides is 1. The molecule has 15 nitrogen and oxygen atoms in total. The van der Waals surface area contributed by atoms with E-state index in [0.717, 1.165) is 173 Å². The van der Waals surface area contributed by atoms with Gasteiger partial charge >= 0.3 is 24.0 Å². The molecule has 0 aliphatic heterocycles. The van der Waals surface area contributed by atoms with Crippen LogP contribution >= 0.6 is 0 Å². The van der Waals surface area contributed by atoms with Gasteiger partial charge in [0.05, 0.1) is 0 Å². The molecule has 80 heavy (non-hydrogen) atoms. The molecule has 1 amide bonds. The first-order chi connectivity index (χ1) is 39.0. The second-order valence-electron chi connectivity index (χ2n) is 22.0. The minimum Gasteiger partial charge on any atom is -0.481 e. The number of aliphatic carboxylic acids is 1. The van der Waals surface area contributed by atoms with Crippen molar-refractivity contribution in [1.82, 2.24) is 15.5 Å². The van der Waals surface area contributed by atoms with Crippen LogP contribution in [0.15, 0.2) is 39.9 Å². The van der Waals surface area contributed by atoms with Gasteiger partial charge in [0.1, 0.15) is 30.2 Å². The molecular weight excluding hydrogens is 1010 g/mol. The molecule has 0 aliphatic rings. The summed E-state index contributed by atoms with van der Waals surface area (Å²) in [6.07, 6.45) is 37.5. The van der Waals surface area contributed by atoms with E-state index in [1.54, 1.807) is 7.05 Å². The number of unbranched alkanes of at least 4 members (excludes halogenated alkanes) is 22. The van der Waals surface area contributed by atoms with Gasteiger partial charge in [0.15, 0.2) is 0 Å². The lowest BCUT2D eigenvalue weighted by Crippen LogP contribution is -2.37. The van der Waals surface area contributed by atoms with Crippen molar-refractivity contribution in [1.29, 1.82) is 0 Å². The van der Waals surface area contributed by atoms with Crippen molar-refractivity contribution in [2.24, 2.45) is 0 Å². The summed E-state index contributed by atoms with van der Waals surface area (Å²) in [5, 5.41) is 20.9. The third-order valence-electron chi connectivity index (χ3n) is 14.8. The van der Waals surface area contributed by atoms with Crippen LogP contribution < -0.4 is 32.1 Å². The van der Waals surface area contributed by atoms with E-state index >= 15 is 0 Å². The molecule has 2 rings (SSSR count). The van der Waals surface area contributed by atoms with Gasteiger partial charge in [-0.15, -0.1) is 0 Å². The molecule has 0 aromatic heterocycles. The molecule has 0 bridgehead atoms. The molecule has 2 unspecified atom stereocenters. The molecule has 0 heterocycles. The fourth-order valence-electron chi connectivity index (χ4n) is 9.77. The predicted octanol–water partition coefficient (Wildman–Crippen LogP) is 14.6. The van der Waals surface area contributed by atoms with Crippen LogP contribution in [-0.2, 0) is 35.2 Å². The number of anilines is 2. The fraction of sp³-hybridized carbons (Fsp3) is 0.785. The second-order valence-corrected chi connectivity index (χ2v) is 22.0. The standard InChI is InChI=1S/C35H63N3O6.C30H52N2O4/c1-4-6-7-8-11-16-22-29(5-2)44-31(41)24-18-13-10-15-20-27-38(26-19-14-9-12-17-23-30(39)40)28-21-25-37-33-32(36-3)34(42)35(33)43;1-3-5-6-7-9-15-21-28(4-2)36-29(33)22-16-10-8-11-17-23-31-24-18-25-32-30(34)35-26-27-19-13-12-14-20-27/h29,36-37H,4-28H2,1-3H3,(H,39,40);12-14,19-20,28,31H,3-11,15-18,21-26H2,1-2H3,(H,32,34). The molecule has 0 fully saturated rings. The molecule has 0 saturated carbocycles. The summed E-state index contributed by atoms with van der Waals surface area (Å²) in [6, 6.07) is 9.67. The Morgan fingerprint density at radius 2 is 0.950 bits per heavy atom. The summed E-state index contributed by atoms with van der Waals surface area (Å²) in [5.74, 6) is -0.789. The molecule has 5 N–H and O–H groups in total. The van der Waals surface area contributed by atoms with E-state index in [4.69, 9.17) is 19.3 Å². The first-order valence-electron chi connectivity index (χ1n) is 32.2. The Morgan fingerprint density at radius 3 is 1.46 bits per heavy atom. The van der Waals surface area contributed by atoms with Crippen molar-refractivity contribution in [3.8, 4) is 0 Å². The van der Waals surface area contributed by atoms with Crippen LogP contribution in [0.4, 0.5) is 16.2 Å². The van der Waals surface area contributed by atoms with E-state index in [2.05, 4.69) is 53.9 Å². The topological polar surface area (TPSA) is 202 Å². The second kappa shape index (κ2) is 52.6. The number of rotatable bonds is 54. The van der Waals surface area contributed by atoms with Crippen molar-refractivity contribution in [3.05, 3.63) is 56.3 Å². The molecule has 0 radical (unpaired) electrons. The zero-order valence-electron chi connectivity index (χ0n) is 51.2. The smallest absolute Gasteiger partial charge is 0.407 e. The van der Waals surface area contributed by atoms with Crippen LogP contribution in [-0.4, -0.2) is 99.1 Å². The zero-order chi connectivity index (χ0) is 58.5. The van der Waals surface area contributed by atoms with E-state index in [-0.39, 0.29) is 36.7 Å². The Balaban J connectivity index is 0.000000816. The lowest BCUT2D eigenvalue weighted by Gasteiger charge is -2.23. The molecule has 2 atom stereocenters. The number of nitrogens with one attached hydrogen (secondary N) is 4. The number of carbonyl (C=O) groups excluding carboxylic acids is 3. The average Bonchev–Trinajstić information content (AvgIpc) is 3.45. The number of carboxylic acids is 1. The molecule has 460 valence electrons. The maximum Gasteiger partial charge on any atom is 0.407 e. The monoisotopic (exact) mass is 1130 g/mol. The third kappa shape index (κ3) is 41.5. The number of hydrogen-bond donors (Lipinski definition) is 5. The van der Waals surface area contributed by atoms with Gasteiger partial charge in [-0.3, -0.25) is 24.0 Å². The number of carbonyl (C=O) groups is 4. The highest BCUT2D eigenvalue weighted by Gasteiger charge is 2.19. The highest BCUT2D eigenvalue weighted by Crippen LogP contribution is 2.18. The fourth-order valence-corrected chi connectivity index (χ4v) is 9.77. The van der Waals surface area contributed by atoms with E-state index in [1.807, 2.05) is 30.3 Å². The summed E-state index contributed by atoms with van der Waals surface area (Å²) in [4.78, 5) is 72.7. The van der Waals surface area contributed by atoms with Gasteiger partial charge in [-0.2, -0.15) is 0 Å². The number of hydrogen-bond acceptors (Lipinski definition) is 13. The van der Waals surface area contributed by atoms with Crippen molar-refractivity contribution in [2.75, 3.05) is 63.5 Å². The lowest BCUT2D eigenvalue weighted by molar-refractivity contribution is -0.150. The summed E-state index contributed by atoms with van der Waals surface area (Å²) in [6.45, 7) is 15.0. The minimum absolute atomic E-state index is 0.0212. The van der Waals surface area contributed by atoms with E-state index in [1.165, 1.54) is 77.0 Å². The maximum absolute atomic E-state index is 12.3. The van der Waals surface area contributed by atoms with Crippen LogP contribution in [0.25, 0.3) is 0 Å². The van der Waals surface area contributed by atoms with Gasteiger partial charge in [0, 0.05) is 39.4 Å². The number of alkyl carbamates (subject to hydrolysis) is 1. The first-order valence-corrected chi connectivity index (χ1v) is 32.2. The number of carboxylic acid groups (broad SMARTS) is 1. The summed E-state index contributed by atoms with van der Waals surface area (Å²) in [5.41, 5.74) is 0.864. The first kappa shape index (κ1) is 73.5. The number of benzene rings is 1. The highest BCUT2D eigenvalue weighted by atomic mass is 16.6. The lowest BCUT2D eigenvalue weighted by atomic mass is 10.1. The van der Waals surface area contributed by atoms with Gasteiger partial charge < -0.3 is 45.5 Å². The summed E-state index contributed by atoms with van der Waals surface area (Å²) < 4.78 is 16.6. The molecule has 0 spiro atoms. The minimum atomic E-state index is -0.723. The summed E-state index contributed by atoms with van der Waals surface area (Å²) in [7, 11) is 1.65. The number of nitrogens with zero attached hydrogens (tertiary/aromatic N) is 1. The summed E-state index contributed by atoms with van der Waals surface area (Å²) >= 11 is 0. The third-order valence-corrected chi connectivity index (χ3v) is 14.8. The van der Waals surface area contributed by atoms with Crippen molar-refractivity contribution in [2.45, 2.75) is 278 Å². The Hall–Kier alpha value is -4.50. The SMILES string of the molecule is CCCCCCCCC(CC)OC(=O)CCCCCCCN(CCCCCCCC(=O)O)CCCNc1c(NC)c(=O)c1=O.CCCCCCCCC(CC)OC(=O)CCCCCCCNCCCNC(=O)OCc1ccccc1. The average molecular weight is 1130 g/mol. The van der Waals surface area contributed by atoms with E-state index < -0.39 is 16.8 Å². The molecule has 2 aromatic carbocycles. The van der Waals surface area contributed by atoms with Gasteiger partial charge in [0.25, 0.3) is 10.9 Å². The van der Waals surface area contributed by atoms with Crippen LogP contribution in [0, 0.1) is 0 Å². The molecule has 2 aromatic rings. The van der Waals surface area contributed by atoms with Crippen LogP contribution in [0.2, 0.25) is 0 Å². The van der Waals surface area contributed by atoms with Crippen LogP contribution in [0.5, 0.6) is 0 Å². The van der Waals surface area contributed by atoms with Gasteiger partial charge in [-0.25, -0.2) is 4.79 Å². The van der Waals surface area contributed by atoms with Crippen LogP contribution in [0.3, 0.4) is 0 Å². The molecule has 0 aliphatic carbocycles. The van der Waals surface area contributed by atoms with Crippen LogP contribution in [0.1, 0.15) is 264 Å². The quantitative estimate of drug-likeness (QED) is 0.0181. The molecule has 15 heteroatoms. The molecule has 0 saturated heterocycles. The van der Waals surface area contributed by atoms with E-state index in [9.17, 15) is 28.8 Å². The largest absolute Gasteiger partial charge is 0.481 e.